The van der Waals surface area contributed by atoms with Gasteiger partial charge in [-0.05, 0) is 36.2 Å². The van der Waals surface area contributed by atoms with E-state index in [2.05, 4.69) is 46.0 Å². The van der Waals surface area contributed by atoms with Gasteiger partial charge >= 0.3 is 0 Å². The molecule has 1 aromatic rings. The van der Waals surface area contributed by atoms with E-state index in [-0.39, 0.29) is 5.04 Å². The van der Waals surface area contributed by atoms with Gasteiger partial charge in [0.05, 0.1) is 0 Å². The van der Waals surface area contributed by atoms with E-state index in [0.29, 0.717) is 18.6 Å². The van der Waals surface area contributed by atoms with Crippen molar-refractivity contribution >= 4 is 19.9 Å². The standard InChI is InChI=1S/C18H26O2Si/c1-18(2,3)21(4,5)20-17-12-8-10-15(19)13-14-9-6-7-11-16(14)17/h6-7,9,11-12H,8,10,13H2,1-5H3/b17-12+. The van der Waals surface area contributed by atoms with Gasteiger partial charge in [0.15, 0.2) is 0 Å². The van der Waals surface area contributed by atoms with Crippen LogP contribution in [0.4, 0.5) is 0 Å². The maximum absolute atomic E-state index is 11.9. The van der Waals surface area contributed by atoms with E-state index in [9.17, 15) is 4.79 Å². The molecule has 0 spiro atoms. The van der Waals surface area contributed by atoms with E-state index in [1.807, 2.05) is 18.2 Å². The average Bonchev–Trinajstić information content (AvgIpc) is 2.35. The quantitative estimate of drug-likeness (QED) is 0.722. The van der Waals surface area contributed by atoms with E-state index in [0.717, 1.165) is 23.3 Å². The molecule has 0 N–H and O–H groups in total. The Hall–Kier alpha value is -1.35. The summed E-state index contributed by atoms with van der Waals surface area (Å²) in [5, 5.41) is 0.168. The van der Waals surface area contributed by atoms with E-state index in [4.69, 9.17) is 4.43 Å². The molecule has 2 rings (SSSR count). The largest absolute Gasteiger partial charge is 0.543 e. The van der Waals surface area contributed by atoms with Crippen LogP contribution < -0.4 is 0 Å². The maximum atomic E-state index is 11.9. The van der Waals surface area contributed by atoms with Crippen molar-refractivity contribution in [2.75, 3.05) is 0 Å². The fourth-order valence-corrected chi connectivity index (χ4v) is 3.26. The Morgan fingerprint density at radius 1 is 1.14 bits per heavy atom. The lowest BCUT2D eigenvalue weighted by atomic mass is 9.96. The van der Waals surface area contributed by atoms with E-state index in [1.54, 1.807) is 0 Å². The molecule has 21 heavy (non-hydrogen) atoms. The van der Waals surface area contributed by atoms with E-state index in [1.165, 1.54) is 0 Å². The third kappa shape index (κ3) is 3.65. The molecule has 2 nitrogen and oxygen atoms in total. The monoisotopic (exact) mass is 302 g/mol. The van der Waals surface area contributed by atoms with Crippen LogP contribution >= 0.6 is 0 Å². The molecule has 0 heterocycles. The van der Waals surface area contributed by atoms with E-state index < -0.39 is 8.32 Å². The first-order valence-corrected chi connectivity index (χ1v) is 10.6. The summed E-state index contributed by atoms with van der Waals surface area (Å²) < 4.78 is 6.53. The van der Waals surface area contributed by atoms with Crippen LogP contribution in [0.5, 0.6) is 0 Å². The summed E-state index contributed by atoms with van der Waals surface area (Å²) >= 11 is 0. The Morgan fingerprint density at radius 2 is 1.81 bits per heavy atom. The number of fused-ring (bicyclic) bond motifs is 1. The van der Waals surface area contributed by atoms with Crippen LogP contribution in [0.3, 0.4) is 0 Å². The normalized spacial score (nSPS) is 19.1. The fourth-order valence-electron chi connectivity index (χ4n) is 2.21. The Morgan fingerprint density at radius 3 is 2.48 bits per heavy atom. The number of ketones is 1. The molecular weight excluding hydrogens is 276 g/mol. The second-order valence-corrected chi connectivity index (χ2v) is 12.1. The molecule has 0 saturated heterocycles. The lowest BCUT2D eigenvalue weighted by molar-refractivity contribution is -0.118. The van der Waals surface area contributed by atoms with Gasteiger partial charge in [0, 0.05) is 18.4 Å². The Kier molecular flexibility index (Phi) is 4.42. The van der Waals surface area contributed by atoms with Gasteiger partial charge in [-0.2, -0.15) is 0 Å². The van der Waals surface area contributed by atoms with Gasteiger partial charge in [-0.3, -0.25) is 4.79 Å². The van der Waals surface area contributed by atoms with Gasteiger partial charge in [0.1, 0.15) is 11.5 Å². The molecule has 0 radical (unpaired) electrons. The molecule has 0 unspecified atom stereocenters. The predicted molar refractivity (Wildman–Crippen MR) is 90.6 cm³/mol. The van der Waals surface area contributed by atoms with Crippen LogP contribution in [0.2, 0.25) is 18.1 Å². The number of Topliss-reactive ketones (excluding diaryl/α,β-unsaturated/α-hetero) is 1. The molecule has 3 heteroatoms. The van der Waals surface area contributed by atoms with E-state index >= 15 is 0 Å². The number of hydrogen-bond acceptors (Lipinski definition) is 2. The maximum Gasteiger partial charge on any atom is 0.250 e. The highest BCUT2D eigenvalue weighted by Crippen LogP contribution is 2.40. The van der Waals surface area contributed by atoms with Gasteiger partial charge in [-0.15, -0.1) is 0 Å². The van der Waals surface area contributed by atoms with Crippen molar-refractivity contribution in [3.05, 3.63) is 41.5 Å². The van der Waals surface area contributed by atoms with Gasteiger partial charge in [-0.1, -0.05) is 45.0 Å². The summed E-state index contributed by atoms with van der Waals surface area (Å²) in [5.41, 5.74) is 2.18. The molecule has 114 valence electrons. The first kappa shape index (κ1) is 16.0. The van der Waals surface area contributed by atoms with Gasteiger partial charge in [-0.25, -0.2) is 0 Å². The van der Waals surface area contributed by atoms with Crippen LogP contribution in [-0.2, 0) is 15.6 Å². The number of benzene rings is 1. The van der Waals surface area contributed by atoms with Crippen molar-refractivity contribution in [1.29, 1.82) is 0 Å². The van der Waals surface area contributed by atoms with Crippen molar-refractivity contribution in [1.82, 2.24) is 0 Å². The highest BCUT2D eigenvalue weighted by molar-refractivity contribution is 6.74. The van der Waals surface area contributed by atoms with Crippen LogP contribution in [-0.4, -0.2) is 14.1 Å². The SMILES string of the molecule is CC(C)(C)[Si](C)(C)O/C1=C/CCC(=O)Cc2ccccc21. The van der Waals surface area contributed by atoms with Crippen molar-refractivity contribution in [2.45, 2.75) is 58.2 Å². The summed E-state index contributed by atoms with van der Waals surface area (Å²) in [5.74, 6) is 1.29. The third-order valence-corrected chi connectivity index (χ3v) is 8.94. The first-order chi connectivity index (χ1) is 9.71. The summed E-state index contributed by atoms with van der Waals surface area (Å²) in [6.07, 6.45) is 4.01. The van der Waals surface area contributed by atoms with Crippen LogP contribution in [0.25, 0.3) is 5.76 Å². The Labute approximate surface area is 129 Å². The second-order valence-electron chi connectivity index (χ2n) is 7.34. The molecule has 0 saturated carbocycles. The number of carbonyl (C=O) groups is 1. The number of hydrogen-bond donors (Lipinski definition) is 0. The van der Waals surface area contributed by atoms with Crippen molar-refractivity contribution in [2.24, 2.45) is 0 Å². The summed E-state index contributed by atoms with van der Waals surface area (Å²) in [6, 6.07) is 8.14. The smallest absolute Gasteiger partial charge is 0.250 e. The minimum absolute atomic E-state index is 0.168. The summed E-state index contributed by atoms with van der Waals surface area (Å²) in [4.78, 5) is 11.9. The number of rotatable bonds is 2. The van der Waals surface area contributed by atoms with Gasteiger partial charge in [0.25, 0.3) is 0 Å². The number of carbonyl (C=O) groups excluding carboxylic acids is 1. The topological polar surface area (TPSA) is 26.3 Å². The predicted octanol–water partition coefficient (Wildman–Crippen LogP) is 4.95. The van der Waals surface area contributed by atoms with Crippen molar-refractivity contribution < 1.29 is 9.22 Å². The van der Waals surface area contributed by atoms with Gasteiger partial charge < -0.3 is 4.43 Å². The molecule has 1 aromatic carbocycles. The van der Waals surface area contributed by atoms with Crippen LogP contribution in [0.15, 0.2) is 30.3 Å². The summed E-state index contributed by atoms with van der Waals surface area (Å²) in [6.45, 7) is 11.3. The van der Waals surface area contributed by atoms with Crippen LogP contribution in [0, 0.1) is 0 Å². The summed E-state index contributed by atoms with van der Waals surface area (Å²) in [7, 11) is -1.87. The molecule has 0 fully saturated rings. The van der Waals surface area contributed by atoms with Crippen molar-refractivity contribution in [3.63, 3.8) is 0 Å². The molecule has 0 bridgehead atoms. The zero-order chi connectivity index (χ0) is 15.7. The molecule has 0 aliphatic heterocycles. The molecule has 0 aromatic heterocycles. The van der Waals surface area contributed by atoms with Gasteiger partial charge in [0.2, 0.25) is 8.32 Å². The Bertz CT molecular complexity index is 565. The lowest BCUT2D eigenvalue weighted by Gasteiger charge is -2.38. The highest BCUT2D eigenvalue weighted by Gasteiger charge is 2.39. The zero-order valence-corrected chi connectivity index (χ0v) is 14.8. The zero-order valence-electron chi connectivity index (χ0n) is 13.8. The molecule has 1 aliphatic carbocycles. The molecular formula is C18H26O2Si. The second kappa shape index (κ2) is 5.80. The highest BCUT2D eigenvalue weighted by atomic mass is 28.4. The average molecular weight is 302 g/mol. The third-order valence-electron chi connectivity index (χ3n) is 4.59. The van der Waals surface area contributed by atoms with Crippen LogP contribution in [0.1, 0.15) is 44.7 Å². The fraction of sp³-hybridized carbons (Fsp3) is 0.500. The van der Waals surface area contributed by atoms with Crippen molar-refractivity contribution in [3.8, 4) is 0 Å². The Balaban J connectivity index is 2.39. The first-order valence-electron chi connectivity index (χ1n) is 7.70. The number of allylic oxidation sites excluding steroid dienone is 1. The molecule has 1 aliphatic rings. The minimum Gasteiger partial charge on any atom is -0.543 e. The minimum atomic E-state index is -1.87. The molecule has 0 atom stereocenters. The molecule has 0 amide bonds. The lowest BCUT2D eigenvalue weighted by Crippen LogP contribution is -2.40.